The molecule has 0 amide bonds. The molecular weight excluding hydrogens is 861 g/mol. The van der Waals surface area contributed by atoms with Crippen molar-refractivity contribution >= 4 is 188 Å². The van der Waals surface area contributed by atoms with Gasteiger partial charge < -0.3 is 14.0 Å². The number of fused-ring (bicyclic) bond motifs is 8. The molecule has 1 aliphatic carbocycles. The Bertz CT molecular complexity index is 3910. The molecule has 10 aromatic rings. The van der Waals surface area contributed by atoms with Crippen molar-refractivity contribution in [1.29, 1.82) is 0 Å². The molecule has 1 aliphatic heterocycles. The topological polar surface area (TPSA) is 79.4 Å². The lowest BCUT2D eigenvalue weighted by molar-refractivity contribution is 0.255. The number of nitrogens with zero attached hydrogens (tertiary/aromatic N) is 6. The number of hydrogen-bond donors (Lipinski definition) is 0. The van der Waals surface area contributed by atoms with Gasteiger partial charge in [0.1, 0.15) is 96.4 Å². The van der Waals surface area contributed by atoms with Crippen LogP contribution in [0.1, 0.15) is 5.56 Å². The summed E-state index contributed by atoms with van der Waals surface area (Å²) in [6, 6.07) is 36.2. The molecule has 7 aromatic carbocycles. The highest BCUT2D eigenvalue weighted by Gasteiger charge is 2.33. The summed E-state index contributed by atoms with van der Waals surface area (Å²) in [5.41, 5.74) is 7.32. The number of aromatic nitrogens is 5. The molecule has 3 aromatic heterocycles. The fourth-order valence-electron chi connectivity index (χ4n) is 9.96. The van der Waals surface area contributed by atoms with Crippen molar-refractivity contribution in [3.63, 3.8) is 0 Å². The Kier molecular flexibility index (Phi) is 10.6. The first-order valence-electron chi connectivity index (χ1n) is 22.5. The SMILES string of the molecule is [B]c1c([B])c([B])c(-c2nc(-c3c([B])c([B])c([B])c([B])c3[B])nc(-n3c4ccccc4c4ccc5c6ccccc6n(C6=CC7OC(c8ccc(-c9ccccc9OC)cc8)=NC7C=C6)c5c43)n2)c([B])c1[B]. The summed E-state index contributed by atoms with van der Waals surface area (Å²) in [7, 11) is 66.7. The van der Waals surface area contributed by atoms with Crippen molar-refractivity contribution in [1.82, 2.24) is 24.1 Å². The third-order valence-corrected chi connectivity index (χ3v) is 13.6. The minimum Gasteiger partial charge on any atom is -0.496 e. The van der Waals surface area contributed by atoms with Crippen LogP contribution < -0.4 is 59.4 Å². The number of ether oxygens (including phenoxy) is 2. The Labute approximate surface area is 422 Å². The standard InChI is InChI=1S/C53H26B10N6O2/c1-70-34-13-7-4-8-26(34)23-14-16-24(17-15-23)52-64-31-21-18-25(22-35(31)71-52)68-32-11-5-2-9-27(32)29-19-20-30-28-10-3-6-12-33(28)69(49(30)48(29)68)53-66-50(36-38(54)42(58)46(62)43(59)39(36)55)65-51(67-53)37-40(56)44(60)47(63)45(61)41(37)57/h2-22,31,35H,1H3. The molecule has 71 heavy (non-hydrogen) atoms. The molecule has 18 heteroatoms. The van der Waals surface area contributed by atoms with Gasteiger partial charge in [-0.15, -0.1) is 32.8 Å². The molecule has 0 fully saturated rings. The molecule has 0 N–H and O–H groups in total. The predicted octanol–water partition coefficient (Wildman–Crippen LogP) is -0.351. The fraction of sp³-hybridized carbons (Fsp3) is 0.0566. The Morgan fingerprint density at radius 3 is 1.54 bits per heavy atom. The maximum absolute atomic E-state index is 6.70. The van der Waals surface area contributed by atoms with Crippen LogP contribution in [0.5, 0.6) is 5.75 Å². The van der Waals surface area contributed by atoms with Crippen molar-refractivity contribution in [3.05, 3.63) is 133 Å². The highest BCUT2D eigenvalue weighted by Crippen LogP contribution is 2.42. The first-order valence-corrected chi connectivity index (χ1v) is 22.5. The average Bonchev–Trinajstić information content (AvgIpc) is 4.09. The van der Waals surface area contributed by atoms with E-state index < -0.39 is 6.10 Å². The second kappa shape index (κ2) is 16.9. The van der Waals surface area contributed by atoms with Crippen molar-refractivity contribution in [2.75, 3.05) is 7.11 Å². The smallest absolute Gasteiger partial charge is 0.238 e. The van der Waals surface area contributed by atoms with E-state index in [2.05, 4.69) is 47.1 Å². The van der Waals surface area contributed by atoms with E-state index in [4.69, 9.17) is 108 Å². The summed E-state index contributed by atoms with van der Waals surface area (Å²) in [4.78, 5) is 20.1. The molecule has 2 atom stereocenters. The molecule has 0 bridgehead atoms. The number of rotatable bonds is 7. The molecule has 12 rings (SSSR count). The second-order valence-electron chi connectivity index (χ2n) is 17.5. The van der Waals surface area contributed by atoms with Gasteiger partial charge in [0.05, 0.1) is 29.2 Å². The van der Waals surface area contributed by atoms with Crippen molar-refractivity contribution in [2.45, 2.75) is 12.1 Å². The van der Waals surface area contributed by atoms with E-state index in [1.54, 1.807) is 7.11 Å². The van der Waals surface area contributed by atoms with Gasteiger partial charge in [-0.2, -0.15) is 9.97 Å². The van der Waals surface area contributed by atoms with E-state index in [0.717, 1.165) is 71.7 Å². The van der Waals surface area contributed by atoms with Gasteiger partial charge in [0.25, 0.3) is 0 Å². The molecule has 0 saturated heterocycles. The normalized spacial score (nSPS) is 15.3. The van der Waals surface area contributed by atoms with Gasteiger partial charge in [0.15, 0.2) is 11.6 Å². The molecule has 2 unspecified atom stereocenters. The van der Waals surface area contributed by atoms with Crippen LogP contribution in [0.25, 0.3) is 89.2 Å². The summed E-state index contributed by atoms with van der Waals surface area (Å²) in [6.07, 6.45) is 5.88. The zero-order valence-corrected chi connectivity index (χ0v) is 38.1. The van der Waals surface area contributed by atoms with Gasteiger partial charge in [0, 0.05) is 49.5 Å². The lowest BCUT2D eigenvalue weighted by atomic mass is 9.60. The monoisotopic (exact) mass is 888 g/mol. The largest absolute Gasteiger partial charge is 0.496 e. The zero-order valence-electron chi connectivity index (χ0n) is 38.1. The lowest BCUT2D eigenvalue weighted by Crippen LogP contribution is -2.55. The zero-order chi connectivity index (χ0) is 49.1. The minimum absolute atomic E-state index is 0.000117. The Balaban J connectivity index is 1.08. The quantitative estimate of drug-likeness (QED) is 0.205. The van der Waals surface area contributed by atoms with Gasteiger partial charge in [-0.3, -0.25) is 4.57 Å². The van der Waals surface area contributed by atoms with Crippen LogP contribution in [-0.4, -0.2) is 128 Å². The lowest BCUT2D eigenvalue weighted by Gasteiger charge is -2.23. The van der Waals surface area contributed by atoms with Crippen LogP contribution in [-0.2, 0) is 4.74 Å². The minimum atomic E-state index is -0.403. The van der Waals surface area contributed by atoms with Crippen LogP contribution >= 0.6 is 0 Å². The van der Waals surface area contributed by atoms with Gasteiger partial charge in [0.2, 0.25) is 11.8 Å². The molecule has 20 radical (unpaired) electrons. The predicted molar refractivity (Wildman–Crippen MR) is 299 cm³/mol. The number of allylic oxidation sites excluding steroid dienone is 2. The van der Waals surface area contributed by atoms with Crippen molar-refractivity contribution < 1.29 is 9.47 Å². The third-order valence-electron chi connectivity index (χ3n) is 13.6. The summed E-state index contributed by atoms with van der Waals surface area (Å²) >= 11 is 0. The van der Waals surface area contributed by atoms with Crippen LogP contribution in [0.3, 0.4) is 0 Å². The van der Waals surface area contributed by atoms with E-state index in [1.807, 2.05) is 89.5 Å². The molecule has 2 aliphatic rings. The fourth-order valence-corrected chi connectivity index (χ4v) is 9.96. The van der Waals surface area contributed by atoms with Crippen molar-refractivity contribution in [3.8, 4) is 45.6 Å². The number of benzene rings is 7. The molecule has 0 saturated carbocycles. The first kappa shape index (κ1) is 44.7. The van der Waals surface area contributed by atoms with E-state index in [0.29, 0.717) is 5.90 Å². The molecule has 4 heterocycles. The second-order valence-corrected chi connectivity index (χ2v) is 17.5. The van der Waals surface area contributed by atoms with Gasteiger partial charge in [-0.05, 0) is 48.0 Å². The van der Waals surface area contributed by atoms with E-state index in [9.17, 15) is 0 Å². The van der Waals surface area contributed by atoms with E-state index in [1.165, 1.54) is 0 Å². The number of hydrogen-bond acceptors (Lipinski definition) is 6. The third kappa shape index (κ3) is 6.81. The molecule has 0 spiro atoms. The van der Waals surface area contributed by atoms with Gasteiger partial charge in [-0.1, -0.05) is 107 Å². The van der Waals surface area contributed by atoms with E-state index in [-0.39, 0.29) is 89.4 Å². The van der Waals surface area contributed by atoms with Gasteiger partial charge in [-0.25, -0.2) is 9.98 Å². The summed E-state index contributed by atoms with van der Waals surface area (Å²) < 4.78 is 16.5. The summed E-state index contributed by atoms with van der Waals surface area (Å²) in [5.74, 6) is 1.44. The molecule has 310 valence electrons. The highest BCUT2D eigenvalue weighted by molar-refractivity contribution is 6.70. The van der Waals surface area contributed by atoms with Crippen LogP contribution in [0.15, 0.2) is 132 Å². The summed E-state index contributed by atoms with van der Waals surface area (Å²) in [5, 5.41) is 3.78. The first-order chi connectivity index (χ1) is 34.3. The van der Waals surface area contributed by atoms with Crippen molar-refractivity contribution in [2.24, 2.45) is 4.99 Å². The van der Waals surface area contributed by atoms with Crippen LogP contribution in [0, 0.1) is 0 Å². The highest BCUT2D eigenvalue weighted by atomic mass is 16.5. The van der Waals surface area contributed by atoms with Crippen LogP contribution in [0.2, 0.25) is 0 Å². The Morgan fingerprint density at radius 2 is 0.972 bits per heavy atom. The average molecular weight is 887 g/mol. The molecular formula is C53H26B10N6O2. The number of para-hydroxylation sites is 3. The Hall–Kier alpha value is -7.45. The number of methoxy groups -OCH3 is 1. The van der Waals surface area contributed by atoms with E-state index >= 15 is 0 Å². The Morgan fingerprint density at radius 1 is 0.493 bits per heavy atom. The number of aliphatic imine (C=N–C) groups is 1. The summed E-state index contributed by atoms with van der Waals surface area (Å²) in [6.45, 7) is 0. The molecule has 8 nitrogen and oxygen atoms in total. The van der Waals surface area contributed by atoms with Gasteiger partial charge >= 0.3 is 0 Å². The maximum Gasteiger partial charge on any atom is 0.238 e. The maximum atomic E-state index is 6.70. The van der Waals surface area contributed by atoms with Crippen LogP contribution in [0.4, 0.5) is 0 Å².